The normalized spacial score (nSPS) is 33.2. The molecule has 4 nitrogen and oxygen atoms in total. The number of carbonyl (C=O) groups excluding carboxylic acids is 1. The summed E-state index contributed by atoms with van der Waals surface area (Å²) in [6.45, 7) is 4.05. The van der Waals surface area contributed by atoms with Crippen LogP contribution >= 0.6 is 0 Å². The summed E-state index contributed by atoms with van der Waals surface area (Å²) in [6, 6.07) is 0. The maximum Gasteiger partial charge on any atom is 0.310 e. The first-order valence-electron chi connectivity index (χ1n) is 6.23. The van der Waals surface area contributed by atoms with E-state index in [0.29, 0.717) is 0 Å². The van der Waals surface area contributed by atoms with Crippen molar-refractivity contribution < 1.29 is 14.3 Å². The van der Waals surface area contributed by atoms with E-state index in [1.807, 2.05) is 0 Å². The van der Waals surface area contributed by atoms with Crippen LogP contribution in [0.25, 0.3) is 0 Å². The molecule has 92 valence electrons. The van der Waals surface area contributed by atoms with E-state index < -0.39 is 0 Å². The van der Waals surface area contributed by atoms with E-state index in [-0.39, 0.29) is 24.2 Å². The average molecular weight is 227 g/mol. The number of methoxy groups -OCH3 is 1. The smallest absolute Gasteiger partial charge is 0.310 e. The quantitative estimate of drug-likeness (QED) is 0.404. The highest BCUT2D eigenvalue weighted by Gasteiger charge is 2.50. The fraction of sp³-hybridized carbons (Fsp3) is 0.917. The first kappa shape index (κ1) is 11.9. The van der Waals surface area contributed by atoms with Crippen molar-refractivity contribution in [3.8, 4) is 0 Å². The molecule has 2 fully saturated rings. The zero-order chi connectivity index (χ0) is 11.5. The third kappa shape index (κ3) is 2.55. The second kappa shape index (κ2) is 5.15. The van der Waals surface area contributed by atoms with Crippen LogP contribution in [0.3, 0.4) is 0 Å². The minimum atomic E-state index is -0.0885. The molecule has 2 aliphatic rings. The van der Waals surface area contributed by atoms with Gasteiger partial charge in [-0.15, -0.1) is 0 Å². The predicted octanol–water partition coefficient (Wildman–Crippen LogP) is 1.40. The number of hydrogen-bond donors (Lipinski definition) is 0. The fourth-order valence-corrected chi connectivity index (χ4v) is 2.49. The summed E-state index contributed by atoms with van der Waals surface area (Å²) < 4.78 is 10.4. The molecule has 0 spiro atoms. The van der Waals surface area contributed by atoms with Gasteiger partial charge in [-0.2, -0.15) is 0 Å². The van der Waals surface area contributed by atoms with Crippen LogP contribution < -0.4 is 0 Å². The minimum absolute atomic E-state index is 0.00961. The molecule has 0 saturated carbocycles. The summed E-state index contributed by atoms with van der Waals surface area (Å²) in [7, 11) is 1.46. The van der Waals surface area contributed by atoms with Crippen LogP contribution in [0.15, 0.2) is 0 Å². The number of esters is 1. The summed E-state index contributed by atoms with van der Waals surface area (Å²) in [5, 5.41) is 0. The van der Waals surface area contributed by atoms with Crippen molar-refractivity contribution >= 4 is 5.97 Å². The molecule has 2 rings (SSSR count). The molecule has 2 saturated heterocycles. The lowest BCUT2D eigenvalue weighted by Gasteiger charge is -2.28. The van der Waals surface area contributed by atoms with Crippen molar-refractivity contribution in [3.63, 3.8) is 0 Å². The number of hydrogen-bond acceptors (Lipinski definition) is 4. The van der Waals surface area contributed by atoms with Crippen molar-refractivity contribution in [3.05, 3.63) is 0 Å². The lowest BCUT2D eigenvalue weighted by Crippen LogP contribution is -2.42. The maximum absolute atomic E-state index is 11.5. The van der Waals surface area contributed by atoms with Crippen LogP contribution in [-0.4, -0.2) is 43.4 Å². The Morgan fingerprint density at radius 2 is 2.31 bits per heavy atom. The van der Waals surface area contributed by atoms with Crippen LogP contribution in [0.4, 0.5) is 0 Å². The molecule has 3 atom stereocenters. The number of unbranched alkanes of at least 4 members (excludes halogenated alkanes) is 2. The Hall–Kier alpha value is -0.610. The molecule has 0 radical (unpaired) electrons. The largest absolute Gasteiger partial charge is 0.469 e. The SMILES string of the molecule is CCCCCN1C[C@H](C(=O)OC)C[C@H]2O[C@H]21. The Kier molecular flexibility index (Phi) is 3.82. The van der Waals surface area contributed by atoms with Gasteiger partial charge in [-0.3, -0.25) is 9.69 Å². The molecule has 4 heteroatoms. The average Bonchev–Trinajstić information content (AvgIpc) is 3.07. The Labute approximate surface area is 96.9 Å². The number of nitrogens with zero attached hydrogens (tertiary/aromatic N) is 1. The maximum atomic E-state index is 11.5. The summed E-state index contributed by atoms with van der Waals surface area (Å²) in [5.74, 6) is -0.0789. The molecule has 0 bridgehead atoms. The third-order valence-corrected chi connectivity index (χ3v) is 3.47. The van der Waals surface area contributed by atoms with Crippen molar-refractivity contribution in [1.82, 2.24) is 4.90 Å². The summed E-state index contributed by atoms with van der Waals surface area (Å²) in [6.07, 6.45) is 5.07. The van der Waals surface area contributed by atoms with Crippen molar-refractivity contribution in [2.24, 2.45) is 5.92 Å². The highest BCUT2D eigenvalue weighted by Crippen LogP contribution is 2.37. The van der Waals surface area contributed by atoms with Crippen LogP contribution in [0.2, 0.25) is 0 Å². The summed E-state index contributed by atoms with van der Waals surface area (Å²) in [5.41, 5.74) is 0. The fourth-order valence-electron chi connectivity index (χ4n) is 2.49. The molecule has 0 N–H and O–H groups in total. The monoisotopic (exact) mass is 227 g/mol. The standard InChI is InChI=1S/C12H21NO3/c1-3-4-5-6-13-8-9(12(14)15-2)7-10-11(13)16-10/h9-11H,3-8H2,1-2H3/t9-,10-,11-/m1/s1. The number of epoxide rings is 1. The van der Waals surface area contributed by atoms with Gasteiger partial charge in [0, 0.05) is 13.1 Å². The number of fused-ring (bicyclic) bond motifs is 1. The van der Waals surface area contributed by atoms with E-state index in [1.165, 1.54) is 26.4 Å². The predicted molar refractivity (Wildman–Crippen MR) is 59.9 cm³/mol. The van der Waals surface area contributed by atoms with E-state index in [9.17, 15) is 4.79 Å². The topological polar surface area (TPSA) is 42.1 Å². The van der Waals surface area contributed by atoms with Gasteiger partial charge in [0.05, 0.1) is 13.0 Å². The molecule has 2 heterocycles. The molecule has 0 aromatic carbocycles. The molecule has 2 aliphatic heterocycles. The minimum Gasteiger partial charge on any atom is -0.469 e. The first-order chi connectivity index (χ1) is 7.76. The van der Waals surface area contributed by atoms with Crippen LogP contribution in [0.1, 0.15) is 32.6 Å². The molecule has 0 aromatic rings. The lowest BCUT2D eigenvalue weighted by molar-refractivity contribution is -0.147. The van der Waals surface area contributed by atoms with Gasteiger partial charge in [0.2, 0.25) is 0 Å². The second-order valence-electron chi connectivity index (χ2n) is 4.72. The highest BCUT2D eigenvalue weighted by molar-refractivity contribution is 5.72. The molecular weight excluding hydrogens is 206 g/mol. The van der Waals surface area contributed by atoms with E-state index in [2.05, 4.69) is 11.8 Å². The van der Waals surface area contributed by atoms with E-state index >= 15 is 0 Å². The Bertz CT molecular complexity index is 257. The van der Waals surface area contributed by atoms with Crippen LogP contribution in [-0.2, 0) is 14.3 Å². The molecule has 0 unspecified atom stereocenters. The van der Waals surface area contributed by atoms with E-state index in [4.69, 9.17) is 9.47 Å². The highest BCUT2D eigenvalue weighted by atomic mass is 16.6. The molecule has 0 aromatic heterocycles. The number of rotatable bonds is 5. The lowest BCUT2D eigenvalue weighted by atomic mass is 9.98. The molecule has 0 aliphatic carbocycles. The molecular formula is C12H21NO3. The summed E-state index contributed by atoms with van der Waals surface area (Å²) in [4.78, 5) is 13.8. The third-order valence-electron chi connectivity index (χ3n) is 3.47. The van der Waals surface area contributed by atoms with Crippen molar-refractivity contribution in [2.75, 3.05) is 20.2 Å². The van der Waals surface area contributed by atoms with Gasteiger partial charge >= 0.3 is 5.97 Å². The number of ether oxygens (including phenoxy) is 2. The number of likely N-dealkylation sites (tertiary alicyclic amines) is 1. The van der Waals surface area contributed by atoms with Crippen molar-refractivity contribution in [1.29, 1.82) is 0 Å². The number of piperidine rings is 1. The zero-order valence-electron chi connectivity index (χ0n) is 10.1. The van der Waals surface area contributed by atoms with E-state index in [0.717, 1.165) is 19.5 Å². The Morgan fingerprint density at radius 3 is 3.00 bits per heavy atom. The zero-order valence-corrected chi connectivity index (χ0v) is 10.1. The van der Waals surface area contributed by atoms with Crippen LogP contribution in [0.5, 0.6) is 0 Å². The van der Waals surface area contributed by atoms with Gasteiger partial charge < -0.3 is 9.47 Å². The molecule has 16 heavy (non-hydrogen) atoms. The number of carbonyl (C=O) groups is 1. The van der Waals surface area contributed by atoms with Gasteiger partial charge in [0.1, 0.15) is 12.3 Å². The Morgan fingerprint density at radius 1 is 1.50 bits per heavy atom. The molecule has 0 amide bonds. The Balaban J connectivity index is 1.82. The first-order valence-corrected chi connectivity index (χ1v) is 6.23. The van der Waals surface area contributed by atoms with Gasteiger partial charge in [-0.1, -0.05) is 19.8 Å². The van der Waals surface area contributed by atoms with Gasteiger partial charge in [-0.05, 0) is 12.8 Å². The van der Waals surface area contributed by atoms with Crippen molar-refractivity contribution in [2.45, 2.75) is 44.9 Å². The van der Waals surface area contributed by atoms with Gasteiger partial charge in [0.15, 0.2) is 0 Å². The van der Waals surface area contributed by atoms with Crippen LogP contribution in [0, 0.1) is 5.92 Å². The van der Waals surface area contributed by atoms with E-state index in [1.54, 1.807) is 0 Å². The second-order valence-corrected chi connectivity index (χ2v) is 4.72. The van der Waals surface area contributed by atoms with Gasteiger partial charge in [-0.25, -0.2) is 0 Å². The summed E-state index contributed by atoms with van der Waals surface area (Å²) >= 11 is 0. The van der Waals surface area contributed by atoms with Gasteiger partial charge in [0.25, 0.3) is 0 Å².